The molecule has 4 heterocycles. The molecule has 0 N–H and O–H groups in total. The predicted octanol–water partition coefficient (Wildman–Crippen LogP) is 2.90. The Labute approximate surface area is 171 Å². The van der Waals surface area contributed by atoms with Crippen LogP contribution in [0.2, 0.25) is 0 Å². The highest BCUT2D eigenvalue weighted by Crippen LogP contribution is 2.23. The van der Waals surface area contributed by atoms with Gasteiger partial charge in [-0.2, -0.15) is 4.98 Å². The Morgan fingerprint density at radius 1 is 1.21 bits per heavy atom. The molecule has 2 aliphatic rings. The van der Waals surface area contributed by atoms with Crippen LogP contribution in [0.15, 0.2) is 22.9 Å². The molecule has 0 spiro atoms. The maximum atomic E-state index is 12.0. The number of carbonyl (C=O) groups is 1. The van der Waals surface area contributed by atoms with Crippen molar-refractivity contribution in [1.82, 2.24) is 20.0 Å². The van der Waals surface area contributed by atoms with Crippen molar-refractivity contribution in [3.63, 3.8) is 0 Å². The summed E-state index contributed by atoms with van der Waals surface area (Å²) in [5.74, 6) is 1.94. The summed E-state index contributed by atoms with van der Waals surface area (Å²) in [6.45, 7) is 6.53. The van der Waals surface area contributed by atoms with Crippen molar-refractivity contribution in [2.45, 2.75) is 45.6 Å². The van der Waals surface area contributed by atoms with Gasteiger partial charge in [0, 0.05) is 31.4 Å². The molecule has 0 amide bonds. The molecule has 0 bridgehead atoms. The number of likely N-dealkylation sites (tertiary alicyclic amines) is 1. The van der Waals surface area contributed by atoms with Gasteiger partial charge in [-0.1, -0.05) is 5.16 Å². The van der Waals surface area contributed by atoms with E-state index in [1.165, 1.54) is 19.3 Å². The van der Waals surface area contributed by atoms with Crippen LogP contribution in [-0.2, 0) is 16.1 Å². The zero-order valence-corrected chi connectivity index (χ0v) is 17.0. The standard InChI is InChI=1S/C21H29N5O3/c1-2-28-21(27)17-7-6-10-25(14-17)15-19-23-20(24-29-19)16-8-9-18(22-13-16)26-11-4-3-5-12-26/h8-9,13,17H,2-7,10-12,14-15H2,1H3. The van der Waals surface area contributed by atoms with E-state index in [0.717, 1.165) is 43.9 Å². The van der Waals surface area contributed by atoms with Crippen LogP contribution in [0.4, 0.5) is 5.82 Å². The van der Waals surface area contributed by atoms with E-state index in [4.69, 9.17) is 9.26 Å². The van der Waals surface area contributed by atoms with E-state index in [-0.39, 0.29) is 11.9 Å². The number of hydrogen-bond acceptors (Lipinski definition) is 8. The van der Waals surface area contributed by atoms with Crippen LogP contribution in [0, 0.1) is 5.92 Å². The number of ether oxygens (including phenoxy) is 1. The Hall–Kier alpha value is -2.48. The van der Waals surface area contributed by atoms with Crippen molar-refractivity contribution in [2.24, 2.45) is 5.92 Å². The third-order valence-corrected chi connectivity index (χ3v) is 5.64. The van der Waals surface area contributed by atoms with Gasteiger partial charge in [0.25, 0.3) is 0 Å². The zero-order valence-electron chi connectivity index (χ0n) is 17.0. The smallest absolute Gasteiger partial charge is 0.310 e. The van der Waals surface area contributed by atoms with Crippen LogP contribution in [-0.4, -0.2) is 58.8 Å². The number of carbonyl (C=O) groups excluding carboxylic acids is 1. The average molecular weight is 399 g/mol. The minimum Gasteiger partial charge on any atom is -0.466 e. The molecule has 2 saturated heterocycles. The van der Waals surface area contributed by atoms with Crippen molar-refractivity contribution >= 4 is 11.8 Å². The molecule has 29 heavy (non-hydrogen) atoms. The second kappa shape index (κ2) is 9.35. The number of esters is 1. The van der Waals surface area contributed by atoms with Crippen LogP contribution >= 0.6 is 0 Å². The van der Waals surface area contributed by atoms with Crippen LogP contribution < -0.4 is 4.90 Å². The summed E-state index contributed by atoms with van der Waals surface area (Å²) in [7, 11) is 0. The fourth-order valence-electron chi connectivity index (χ4n) is 4.11. The summed E-state index contributed by atoms with van der Waals surface area (Å²) in [5.41, 5.74) is 0.851. The summed E-state index contributed by atoms with van der Waals surface area (Å²) >= 11 is 0. The van der Waals surface area contributed by atoms with Crippen LogP contribution in [0.3, 0.4) is 0 Å². The lowest BCUT2D eigenvalue weighted by molar-refractivity contribution is -0.150. The highest BCUT2D eigenvalue weighted by molar-refractivity contribution is 5.72. The second-order valence-electron chi connectivity index (χ2n) is 7.79. The van der Waals surface area contributed by atoms with E-state index in [9.17, 15) is 4.79 Å². The lowest BCUT2D eigenvalue weighted by atomic mass is 9.98. The minimum absolute atomic E-state index is 0.0716. The minimum atomic E-state index is -0.108. The van der Waals surface area contributed by atoms with Crippen molar-refractivity contribution < 1.29 is 14.1 Å². The molecule has 2 aromatic rings. The molecule has 0 aliphatic carbocycles. The third-order valence-electron chi connectivity index (χ3n) is 5.64. The first kappa shape index (κ1) is 19.8. The summed E-state index contributed by atoms with van der Waals surface area (Å²) < 4.78 is 10.6. The molecule has 1 atom stereocenters. The summed E-state index contributed by atoms with van der Waals surface area (Å²) in [6, 6.07) is 4.04. The van der Waals surface area contributed by atoms with Gasteiger partial charge in [0.1, 0.15) is 5.82 Å². The molecule has 1 unspecified atom stereocenters. The first-order valence-corrected chi connectivity index (χ1v) is 10.7. The molecule has 2 fully saturated rings. The van der Waals surface area contributed by atoms with Gasteiger partial charge in [-0.3, -0.25) is 9.69 Å². The molecule has 4 rings (SSSR count). The summed E-state index contributed by atoms with van der Waals surface area (Å²) in [5, 5.41) is 4.12. The van der Waals surface area contributed by atoms with Crippen molar-refractivity contribution in [3.05, 3.63) is 24.2 Å². The van der Waals surface area contributed by atoms with Gasteiger partial charge in [0.15, 0.2) is 0 Å². The van der Waals surface area contributed by atoms with E-state index in [1.807, 2.05) is 25.3 Å². The van der Waals surface area contributed by atoms with E-state index < -0.39 is 0 Å². The number of nitrogens with zero attached hydrogens (tertiary/aromatic N) is 5. The van der Waals surface area contributed by atoms with E-state index >= 15 is 0 Å². The highest BCUT2D eigenvalue weighted by Gasteiger charge is 2.27. The monoisotopic (exact) mass is 399 g/mol. The number of piperidine rings is 2. The van der Waals surface area contributed by atoms with Crippen LogP contribution in [0.5, 0.6) is 0 Å². The Morgan fingerprint density at radius 2 is 2.07 bits per heavy atom. The van der Waals surface area contributed by atoms with E-state index in [2.05, 4.69) is 24.9 Å². The molecular formula is C21H29N5O3. The molecule has 8 heteroatoms. The molecule has 0 radical (unpaired) electrons. The molecule has 0 saturated carbocycles. The first-order chi connectivity index (χ1) is 14.2. The van der Waals surface area contributed by atoms with Crippen molar-refractivity contribution in [3.8, 4) is 11.4 Å². The fraction of sp³-hybridized carbons (Fsp3) is 0.619. The Kier molecular flexibility index (Phi) is 6.39. The topological polar surface area (TPSA) is 84.6 Å². The number of rotatable bonds is 6. The van der Waals surface area contributed by atoms with Gasteiger partial charge in [-0.15, -0.1) is 0 Å². The third kappa shape index (κ3) is 4.93. The molecule has 2 aromatic heterocycles. The van der Waals surface area contributed by atoms with E-state index in [1.54, 1.807) is 0 Å². The Bertz CT molecular complexity index is 801. The largest absolute Gasteiger partial charge is 0.466 e. The summed E-state index contributed by atoms with van der Waals surface area (Å²) in [4.78, 5) is 25.6. The second-order valence-corrected chi connectivity index (χ2v) is 7.79. The predicted molar refractivity (Wildman–Crippen MR) is 108 cm³/mol. The lowest BCUT2D eigenvalue weighted by Crippen LogP contribution is -2.39. The molecule has 156 valence electrons. The molecule has 2 aliphatic heterocycles. The zero-order chi connectivity index (χ0) is 20.1. The Balaban J connectivity index is 1.36. The maximum Gasteiger partial charge on any atom is 0.310 e. The number of pyridine rings is 1. The Morgan fingerprint density at radius 3 is 2.83 bits per heavy atom. The quantitative estimate of drug-likeness (QED) is 0.686. The normalized spacial score (nSPS) is 20.6. The van der Waals surface area contributed by atoms with Gasteiger partial charge in [-0.25, -0.2) is 4.98 Å². The van der Waals surface area contributed by atoms with Gasteiger partial charge in [-0.05, 0) is 57.7 Å². The van der Waals surface area contributed by atoms with Gasteiger partial charge >= 0.3 is 5.97 Å². The van der Waals surface area contributed by atoms with Crippen LogP contribution in [0.1, 0.15) is 44.9 Å². The fourth-order valence-corrected chi connectivity index (χ4v) is 4.11. The van der Waals surface area contributed by atoms with Crippen molar-refractivity contribution in [2.75, 3.05) is 37.7 Å². The van der Waals surface area contributed by atoms with E-state index in [0.29, 0.717) is 31.4 Å². The van der Waals surface area contributed by atoms with Gasteiger partial charge in [0.05, 0.1) is 19.1 Å². The average Bonchev–Trinajstić information content (AvgIpc) is 3.23. The number of anilines is 1. The van der Waals surface area contributed by atoms with Gasteiger partial charge in [0.2, 0.25) is 11.7 Å². The number of hydrogen-bond donors (Lipinski definition) is 0. The molecule has 8 nitrogen and oxygen atoms in total. The first-order valence-electron chi connectivity index (χ1n) is 10.7. The summed E-state index contributed by atoms with van der Waals surface area (Å²) in [6.07, 6.45) is 7.41. The number of aromatic nitrogens is 3. The maximum absolute atomic E-state index is 12.0. The highest BCUT2D eigenvalue weighted by atomic mass is 16.5. The lowest BCUT2D eigenvalue weighted by Gasteiger charge is -2.30. The van der Waals surface area contributed by atoms with Crippen LogP contribution in [0.25, 0.3) is 11.4 Å². The van der Waals surface area contributed by atoms with Gasteiger partial charge < -0.3 is 14.2 Å². The van der Waals surface area contributed by atoms with Crippen molar-refractivity contribution in [1.29, 1.82) is 0 Å². The molecular weight excluding hydrogens is 370 g/mol. The molecule has 0 aromatic carbocycles. The SMILES string of the molecule is CCOC(=O)C1CCCN(Cc2nc(-c3ccc(N4CCCCC4)nc3)no2)C1.